The highest BCUT2D eigenvalue weighted by Gasteiger charge is 2.58. The van der Waals surface area contributed by atoms with E-state index >= 15 is 0 Å². The Kier molecular flexibility index (Phi) is 7.18. The number of oxime groups is 1. The molecule has 4 aliphatic carbocycles. The van der Waals surface area contributed by atoms with Crippen molar-refractivity contribution in [3.05, 3.63) is 47.5 Å². The Bertz CT molecular complexity index is 1080. The standard InChI is InChI=1S/C30H40N2O5/c1-29-14-12-21(32-37-18-27(34)31-25(28(35)36)16-19-6-4-3-5-7-19)17-20(29)8-9-22-23-10-11-26(33)30(23,2)15-13-24(22)29/h3-7,17,22-26,33H,8-16,18H2,1-2H3,(H,31,34)(H,35,36)/t22-,23-,24-,25-,26+,29-,30-/m0/s1. The molecule has 1 amide bonds. The van der Waals surface area contributed by atoms with E-state index in [-0.39, 0.29) is 30.0 Å². The van der Waals surface area contributed by atoms with Crippen molar-refractivity contribution in [2.45, 2.75) is 83.8 Å². The molecule has 0 spiro atoms. The van der Waals surface area contributed by atoms with Gasteiger partial charge in [0.2, 0.25) is 0 Å². The maximum Gasteiger partial charge on any atom is 0.326 e. The summed E-state index contributed by atoms with van der Waals surface area (Å²) in [5, 5.41) is 27.0. The van der Waals surface area contributed by atoms with Crippen molar-refractivity contribution in [3.8, 4) is 0 Å². The van der Waals surface area contributed by atoms with Crippen molar-refractivity contribution in [2.24, 2.45) is 33.7 Å². The molecule has 0 radical (unpaired) electrons. The van der Waals surface area contributed by atoms with E-state index < -0.39 is 17.9 Å². The Morgan fingerprint density at radius 1 is 1.08 bits per heavy atom. The number of amides is 1. The number of allylic oxidation sites excluding steroid dienone is 2. The molecule has 0 aliphatic heterocycles. The van der Waals surface area contributed by atoms with Crippen LogP contribution in [0.15, 0.2) is 47.1 Å². The maximum absolute atomic E-state index is 12.4. The fraction of sp³-hybridized carbons (Fsp3) is 0.633. The van der Waals surface area contributed by atoms with Crippen molar-refractivity contribution < 1.29 is 24.6 Å². The monoisotopic (exact) mass is 508 g/mol. The summed E-state index contributed by atoms with van der Waals surface area (Å²) in [6.45, 7) is 4.43. The van der Waals surface area contributed by atoms with Crippen molar-refractivity contribution >= 4 is 17.6 Å². The molecule has 1 aromatic rings. The number of nitrogens with zero attached hydrogens (tertiary/aromatic N) is 1. The van der Waals surface area contributed by atoms with Crippen LogP contribution in [0.2, 0.25) is 0 Å². The lowest BCUT2D eigenvalue weighted by molar-refractivity contribution is -0.142. The van der Waals surface area contributed by atoms with Gasteiger partial charge < -0.3 is 20.4 Å². The number of aliphatic hydroxyl groups excluding tert-OH is 1. The largest absolute Gasteiger partial charge is 0.480 e. The van der Waals surface area contributed by atoms with Gasteiger partial charge in [-0.15, -0.1) is 0 Å². The average Bonchev–Trinajstić information content (AvgIpc) is 3.18. The Labute approximate surface area is 219 Å². The minimum Gasteiger partial charge on any atom is -0.480 e. The molecule has 3 fully saturated rings. The molecule has 200 valence electrons. The van der Waals surface area contributed by atoms with E-state index in [2.05, 4.69) is 30.4 Å². The zero-order chi connectivity index (χ0) is 26.2. The van der Waals surface area contributed by atoms with Crippen LogP contribution in [0, 0.1) is 28.6 Å². The van der Waals surface area contributed by atoms with Crippen molar-refractivity contribution in [3.63, 3.8) is 0 Å². The Morgan fingerprint density at radius 2 is 1.86 bits per heavy atom. The van der Waals surface area contributed by atoms with Gasteiger partial charge in [-0.25, -0.2) is 4.79 Å². The fourth-order valence-corrected chi connectivity index (χ4v) is 8.08. The lowest BCUT2D eigenvalue weighted by Crippen LogP contribution is -2.51. The molecule has 0 saturated heterocycles. The SMILES string of the molecule is C[C@]12CC[C@H]3[C@@H](CCC4=CC(=NOCC(=O)N[C@@H](Cc5ccccc5)C(=O)O)CC[C@@]43C)[C@@H]1CC[C@H]2O. The molecule has 0 heterocycles. The average molecular weight is 509 g/mol. The number of rotatable bonds is 7. The number of carbonyl (C=O) groups excluding carboxylic acids is 1. The normalized spacial score (nSPS) is 36.5. The van der Waals surface area contributed by atoms with E-state index in [1.807, 2.05) is 30.3 Å². The molecular weight excluding hydrogens is 468 g/mol. The third-order valence-electron chi connectivity index (χ3n) is 10.2. The number of carboxylic acids is 1. The smallest absolute Gasteiger partial charge is 0.326 e. The lowest BCUT2D eigenvalue weighted by atomic mass is 9.47. The molecule has 0 bridgehead atoms. The summed E-state index contributed by atoms with van der Waals surface area (Å²) >= 11 is 0. The van der Waals surface area contributed by atoms with Gasteiger partial charge in [-0.2, -0.15) is 0 Å². The van der Waals surface area contributed by atoms with Gasteiger partial charge in [0.25, 0.3) is 5.91 Å². The van der Waals surface area contributed by atoms with Crippen LogP contribution >= 0.6 is 0 Å². The van der Waals surface area contributed by atoms with Crippen LogP contribution in [0.5, 0.6) is 0 Å². The number of hydrogen-bond donors (Lipinski definition) is 3. The highest BCUT2D eigenvalue weighted by Crippen LogP contribution is 2.65. The van der Waals surface area contributed by atoms with Gasteiger partial charge in [0.15, 0.2) is 6.61 Å². The quantitative estimate of drug-likeness (QED) is 0.470. The second kappa shape index (κ2) is 10.2. The Morgan fingerprint density at radius 3 is 2.62 bits per heavy atom. The van der Waals surface area contributed by atoms with Gasteiger partial charge in [-0.3, -0.25) is 4.79 Å². The van der Waals surface area contributed by atoms with Crippen molar-refractivity contribution in [2.75, 3.05) is 6.61 Å². The first-order valence-electron chi connectivity index (χ1n) is 13.8. The van der Waals surface area contributed by atoms with Gasteiger partial charge >= 0.3 is 5.97 Å². The number of carboxylic acid groups (broad SMARTS) is 1. The van der Waals surface area contributed by atoms with E-state index in [0.29, 0.717) is 17.8 Å². The number of carbonyl (C=O) groups is 2. The highest BCUT2D eigenvalue weighted by molar-refractivity contribution is 5.96. The van der Waals surface area contributed by atoms with Crippen LogP contribution in [-0.2, 0) is 20.8 Å². The summed E-state index contributed by atoms with van der Waals surface area (Å²) in [6.07, 6.45) is 10.7. The van der Waals surface area contributed by atoms with E-state index in [4.69, 9.17) is 4.84 Å². The molecule has 0 aromatic heterocycles. The zero-order valence-corrected chi connectivity index (χ0v) is 22.0. The third kappa shape index (κ3) is 4.95. The van der Waals surface area contributed by atoms with Gasteiger partial charge in [0, 0.05) is 6.42 Å². The predicted octanol–water partition coefficient (Wildman–Crippen LogP) is 4.49. The van der Waals surface area contributed by atoms with Crippen LogP contribution in [0.25, 0.3) is 0 Å². The fourth-order valence-electron chi connectivity index (χ4n) is 8.08. The molecule has 4 aliphatic rings. The molecule has 7 nitrogen and oxygen atoms in total. The molecule has 7 heteroatoms. The second-order valence-electron chi connectivity index (χ2n) is 12.1. The van der Waals surface area contributed by atoms with Crippen molar-refractivity contribution in [1.82, 2.24) is 5.32 Å². The zero-order valence-electron chi connectivity index (χ0n) is 22.0. The van der Waals surface area contributed by atoms with Gasteiger partial charge in [0.05, 0.1) is 11.8 Å². The third-order valence-corrected chi connectivity index (χ3v) is 10.2. The van der Waals surface area contributed by atoms with E-state index in [9.17, 15) is 19.8 Å². The van der Waals surface area contributed by atoms with Crippen LogP contribution in [-0.4, -0.2) is 46.6 Å². The first kappa shape index (κ1) is 26.0. The number of benzene rings is 1. The van der Waals surface area contributed by atoms with E-state index in [1.54, 1.807) is 0 Å². The summed E-state index contributed by atoms with van der Waals surface area (Å²) in [5.74, 6) is 0.403. The first-order chi connectivity index (χ1) is 17.7. The second-order valence-corrected chi connectivity index (χ2v) is 12.1. The molecule has 37 heavy (non-hydrogen) atoms. The maximum atomic E-state index is 12.4. The molecule has 3 saturated carbocycles. The minimum absolute atomic E-state index is 0.0924. The molecule has 1 aromatic carbocycles. The molecular formula is C30H40N2O5. The molecule has 5 rings (SSSR count). The number of aliphatic hydroxyl groups is 1. The summed E-state index contributed by atoms with van der Waals surface area (Å²) in [5.41, 5.74) is 3.40. The Hall–Kier alpha value is -2.67. The van der Waals surface area contributed by atoms with E-state index in [0.717, 1.165) is 49.8 Å². The predicted molar refractivity (Wildman–Crippen MR) is 141 cm³/mol. The van der Waals surface area contributed by atoms with Crippen LogP contribution in [0.1, 0.15) is 70.8 Å². The Balaban J connectivity index is 1.18. The highest BCUT2D eigenvalue weighted by atomic mass is 16.6. The summed E-state index contributed by atoms with van der Waals surface area (Å²) < 4.78 is 0. The molecule has 0 unspecified atom stereocenters. The van der Waals surface area contributed by atoms with Gasteiger partial charge in [-0.05, 0) is 91.6 Å². The first-order valence-corrected chi connectivity index (χ1v) is 13.8. The van der Waals surface area contributed by atoms with Gasteiger partial charge in [0.1, 0.15) is 6.04 Å². The number of aliphatic carboxylic acids is 1. The lowest BCUT2D eigenvalue weighted by Gasteiger charge is -2.57. The molecule has 7 atom stereocenters. The minimum atomic E-state index is -1.08. The number of fused-ring (bicyclic) bond motifs is 5. The van der Waals surface area contributed by atoms with Crippen LogP contribution in [0.3, 0.4) is 0 Å². The summed E-state index contributed by atoms with van der Waals surface area (Å²) in [7, 11) is 0. The van der Waals surface area contributed by atoms with Crippen molar-refractivity contribution in [1.29, 1.82) is 0 Å². The number of hydrogen-bond acceptors (Lipinski definition) is 5. The van der Waals surface area contributed by atoms with E-state index in [1.165, 1.54) is 18.4 Å². The van der Waals surface area contributed by atoms with Crippen LogP contribution in [0.4, 0.5) is 0 Å². The van der Waals surface area contributed by atoms with Gasteiger partial charge in [-0.1, -0.05) is 54.9 Å². The molecule has 3 N–H and O–H groups in total. The summed E-state index contributed by atoms with van der Waals surface area (Å²) in [4.78, 5) is 29.4. The van der Waals surface area contributed by atoms with Crippen LogP contribution < -0.4 is 5.32 Å². The number of nitrogens with one attached hydrogen (secondary N) is 1. The summed E-state index contributed by atoms with van der Waals surface area (Å²) in [6, 6.07) is 8.21. The topological polar surface area (TPSA) is 108 Å².